The molecule has 5 heteroatoms. The van der Waals surface area contributed by atoms with Crippen molar-refractivity contribution in [3.63, 3.8) is 0 Å². The van der Waals surface area contributed by atoms with Gasteiger partial charge in [-0.2, -0.15) is 5.10 Å². The summed E-state index contributed by atoms with van der Waals surface area (Å²) < 4.78 is 6.99. The molecule has 0 radical (unpaired) electrons. The summed E-state index contributed by atoms with van der Waals surface area (Å²) in [7, 11) is 1.57. The van der Waals surface area contributed by atoms with Gasteiger partial charge >= 0.3 is 0 Å². The second-order valence-corrected chi connectivity index (χ2v) is 5.08. The number of benzene rings is 1. The van der Waals surface area contributed by atoms with E-state index in [0.29, 0.717) is 18.0 Å². The Morgan fingerprint density at radius 1 is 1.48 bits per heavy atom. The van der Waals surface area contributed by atoms with Crippen molar-refractivity contribution >= 4 is 5.78 Å². The topological polar surface area (TPSA) is 56.2 Å². The van der Waals surface area contributed by atoms with Crippen LogP contribution in [0.15, 0.2) is 24.4 Å². The lowest BCUT2D eigenvalue weighted by Gasteiger charge is -2.20. The molecule has 0 atom stereocenters. The van der Waals surface area contributed by atoms with E-state index in [2.05, 4.69) is 16.5 Å². The van der Waals surface area contributed by atoms with Crippen LogP contribution in [-0.2, 0) is 19.5 Å². The number of rotatable bonds is 4. The summed E-state index contributed by atoms with van der Waals surface area (Å²) in [5.74, 6) is 0.526. The Labute approximate surface area is 123 Å². The van der Waals surface area contributed by atoms with Crippen LogP contribution < -0.4 is 10.1 Å². The maximum atomic E-state index is 13.0. The maximum Gasteiger partial charge on any atom is 0.215 e. The third-order valence-electron chi connectivity index (χ3n) is 3.93. The van der Waals surface area contributed by atoms with Crippen LogP contribution in [-0.4, -0.2) is 29.2 Å². The lowest BCUT2D eigenvalue weighted by atomic mass is 9.92. The predicted octanol–water partition coefficient (Wildman–Crippen LogP) is 1.79. The van der Waals surface area contributed by atoms with Gasteiger partial charge in [-0.05, 0) is 31.0 Å². The molecule has 0 amide bonds. The Balaban J connectivity index is 2.09. The molecule has 0 saturated carbocycles. The first-order valence-electron chi connectivity index (χ1n) is 7.22. The van der Waals surface area contributed by atoms with E-state index in [1.54, 1.807) is 18.0 Å². The number of nitrogens with zero attached hydrogens (tertiary/aromatic N) is 2. The molecule has 2 aromatic rings. The van der Waals surface area contributed by atoms with Crippen molar-refractivity contribution in [1.82, 2.24) is 15.1 Å². The van der Waals surface area contributed by atoms with Crippen LogP contribution in [0.5, 0.6) is 5.75 Å². The number of fused-ring (bicyclic) bond motifs is 1. The van der Waals surface area contributed by atoms with Crippen molar-refractivity contribution in [2.75, 3.05) is 13.7 Å². The number of aryl methyl sites for hydroxylation is 1. The lowest BCUT2D eigenvalue weighted by Crippen LogP contribution is -2.26. The minimum absolute atomic E-state index is 0.00931. The van der Waals surface area contributed by atoms with Gasteiger partial charge < -0.3 is 10.1 Å². The van der Waals surface area contributed by atoms with Crippen molar-refractivity contribution in [2.24, 2.45) is 0 Å². The Bertz CT molecular complexity index is 655. The highest BCUT2D eigenvalue weighted by Gasteiger charge is 2.24. The highest BCUT2D eigenvalue weighted by atomic mass is 16.5. The molecule has 5 nitrogen and oxygen atoms in total. The summed E-state index contributed by atoms with van der Waals surface area (Å²) in [6, 6.07) is 5.92. The average Bonchev–Trinajstić information content (AvgIpc) is 2.96. The monoisotopic (exact) mass is 285 g/mol. The summed E-state index contributed by atoms with van der Waals surface area (Å²) >= 11 is 0. The Morgan fingerprint density at radius 3 is 3.10 bits per heavy atom. The van der Waals surface area contributed by atoms with Crippen LogP contribution in [0.25, 0.3) is 0 Å². The van der Waals surface area contributed by atoms with Gasteiger partial charge in [-0.1, -0.05) is 18.2 Å². The zero-order chi connectivity index (χ0) is 14.8. The third-order valence-corrected chi connectivity index (χ3v) is 3.93. The number of ketones is 1. The molecule has 1 N–H and O–H groups in total. The van der Waals surface area contributed by atoms with Gasteiger partial charge in [-0.3, -0.25) is 9.48 Å². The van der Waals surface area contributed by atoms with Crippen LogP contribution in [0.3, 0.4) is 0 Å². The minimum Gasteiger partial charge on any atom is -0.493 e. The molecule has 1 aromatic heterocycles. The van der Waals surface area contributed by atoms with Crippen molar-refractivity contribution in [2.45, 2.75) is 26.4 Å². The van der Waals surface area contributed by atoms with E-state index in [4.69, 9.17) is 4.74 Å². The fraction of sp³-hybridized carbons (Fsp3) is 0.375. The average molecular weight is 285 g/mol. The van der Waals surface area contributed by atoms with Crippen LogP contribution >= 0.6 is 0 Å². The number of carbonyl (C=O) groups excluding carboxylic acids is 1. The second-order valence-electron chi connectivity index (χ2n) is 5.08. The summed E-state index contributed by atoms with van der Waals surface area (Å²) in [5.41, 5.74) is 3.65. The molecule has 0 spiro atoms. The van der Waals surface area contributed by atoms with Crippen molar-refractivity contribution in [3.8, 4) is 5.75 Å². The molecule has 0 bridgehead atoms. The first kappa shape index (κ1) is 13.8. The highest BCUT2D eigenvalue weighted by Crippen LogP contribution is 2.26. The first-order valence-corrected chi connectivity index (χ1v) is 7.22. The fourth-order valence-electron chi connectivity index (χ4n) is 2.86. The standard InChI is InChI=1S/C16H19N3O2/c1-3-19-15(14(21-2)10-18-19)16(20)13-6-4-5-11-9-17-8-7-12(11)13/h4-6,10,17H,3,7-9H2,1-2H3. The molecule has 0 fully saturated rings. The third kappa shape index (κ3) is 2.34. The molecule has 3 rings (SSSR count). The number of hydrogen-bond donors (Lipinski definition) is 1. The van der Waals surface area contributed by atoms with Crippen LogP contribution in [0, 0.1) is 0 Å². The van der Waals surface area contributed by atoms with E-state index in [0.717, 1.165) is 30.6 Å². The van der Waals surface area contributed by atoms with Gasteiger partial charge in [-0.15, -0.1) is 0 Å². The van der Waals surface area contributed by atoms with Crippen molar-refractivity contribution in [1.29, 1.82) is 0 Å². The van der Waals surface area contributed by atoms with Gasteiger partial charge in [0.25, 0.3) is 0 Å². The normalized spacial score (nSPS) is 13.8. The molecule has 21 heavy (non-hydrogen) atoms. The van der Waals surface area contributed by atoms with Gasteiger partial charge in [0.15, 0.2) is 11.4 Å². The van der Waals surface area contributed by atoms with Gasteiger partial charge in [0, 0.05) is 18.7 Å². The van der Waals surface area contributed by atoms with Crippen molar-refractivity contribution < 1.29 is 9.53 Å². The van der Waals surface area contributed by atoms with Crippen LogP contribution in [0.2, 0.25) is 0 Å². The quantitative estimate of drug-likeness (QED) is 0.870. The Kier molecular flexibility index (Phi) is 3.75. The molecule has 0 saturated heterocycles. The summed E-state index contributed by atoms with van der Waals surface area (Å²) in [6.07, 6.45) is 2.48. The van der Waals surface area contributed by atoms with Gasteiger partial charge in [0.1, 0.15) is 0 Å². The number of methoxy groups -OCH3 is 1. The molecule has 1 aliphatic heterocycles. The maximum absolute atomic E-state index is 13.0. The Hall–Kier alpha value is -2.14. The van der Waals surface area contributed by atoms with E-state index in [9.17, 15) is 4.79 Å². The van der Waals surface area contributed by atoms with Crippen LogP contribution in [0.1, 0.15) is 34.1 Å². The summed E-state index contributed by atoms with van der Waals surface area (Å²) in [5, 5.41) is 7.56. The predicted molar refractivity (Wildman–Crippen MR) is 79.7 cm³/mol. The number of carbonyl (C=O) groups is 1. The number of ether oxygens (including phenoxy) is 1. The van der Waals surface area contributed by atoms with E-state index in [1.807, 2.05) is 19.1 Å². The number of hydrogen-bond acceptors (Lipinski definition) is 4. The highest BCUT2D eigenvalue weighted by molar-refractivity contribution is 6.10. The molecular formula is C16H19N3O2. The molecule has 0 unspecified atom stereocenters. The minimum atomic E-state index is -0.00931. The Morgan fingerprint density at radius 2 is 2.33 bits per heavy atom. The molecule has 110 valence electrons. The molecule has 2 heterocycles. The SMILES string of the molecule is CCn1ncc(OC)c1C(=O)c1cccc2c1CCNC2. The molecule has 1 aromatic carbocycles. The van der Waals surface area contributed by atoms with Crippen LogP contribution in [0.4, 0.5) is 0 Å². The largest absolute Gasteiger partial charge is 0.493 e. The van der Waals surface area contributed by atoms with E-state index in [1.165, 1.54) is 5.56 Å². The zero-order valence-electron chi connectivity index (χ0n) is 12.3. The van der Waals surface area contributed by atoms with E-state index >= 15 is 0 Å². The number of aromatic nitrogens is 2. The summed E-state index contributed by atoms with van der Waals surface area (Å²) in [4.78, 5) is 13.0. The van der Waals surface area contributed by atoms with Gasteiger partial charge in [-0.25, -0.2) is 0 Å². The second kappa shape index (κ2) is 5.69. The van der Waals surface area contributed by atoms with Crippen molar-refractivity contribution in [3.05, 3.63) is 46.8 Å². The lowest BCUT2D eigenvalue weighted by molar-refractivity contribution is 0.102. The van der Waals surface area contributed by atoms with Gasteiger partial charge in [0.2, 0.25) is 5.78 Å². The van der Waals surface area contributed by atoms with Gasteiger partial charge in [0.05, 0.1) is 13.3 Å². The smallest absolute Gasteiger partial charge is 0.215 e. The number of nitrogens with one attached hydrogen (secondary N) is 1. The molecule has 1 aliphatic rings. The first-order chi connectivity index (χ1) is 10.3. The molecular weight excluding hydrogens is 266 g/mol. The molecule has 0 aliphatic carbocycles. The fourth-order valence-corrected chi connectivity index (χ4v) is 2.86. The zero-order valence-corrected chi connectivity index (χ0v) is 12.3. The van der Waals surface area contributed by atoms with E-state index in [-0.39, 0.29) is 5.78 Å². The summed E-state index contributed by atoms with van der Waals surface area (Å²) in [6.45, 7) is 4.33. The van der Waals surface area contributed by atoms with E-state index < -0.39 is 0 Å².